The SMILES string of the molecule is CCC(C)NC(=O)C1=CC=C2C(=O)c3ccccc3S(=O)(=O)C2=CC1. The summed E-state index contributed by atoms with van der Waals surface area (Å²) in [5.74, 6) is -0.583. The molecule has 0 aromatic heterocycles. The molecule has 1 unspecified atom stereocenters. The van der Waals surface area contributed by atoms with Gasteiger partial charge in [-0.05, 0) is 38.0 Å². The summed E-state index contributed by atoms with van der Waals surface area (Å²) in [7, 11) is -3.77. The van der Waals surface area contributed by atoms with Gasteiger partial charge in [-0.15, -0.1) is 0 Å². The van der Waals surface area contributed by atoms with E-state index in [2.05, 4.69) is 5.32 Å². The van der Waals surface area contributed by atoms with E-state index in [-0.39, 0.29) is 45.1 Å². The van der Waals surface area contributed by atoms with E-state index < -0.39 is 9.84 Å². The molecule has 0 saturated heterocycles. The molecular weight excluding hydrogens is 338 g/mol. The highest BCUT2D eigenvalue weighted by Crippen LogP contribution is 2.37. The minimum Gasteiger partial charge on any atom is -0.350 e. The van der Waals surface area contributed by atoms with E-state index in [0.29, 0.717) is 5.57 Å². The van der Waals surface area contributed by atoms with Crippen molar-refractivity contribution >= 4 is 21.5 Å². The molecular formula is C19H19NO4S. The molecule has 0 saturated carbocycles. The number of sulfone groups is 1. The average Bonchev–Trinajstić information content (AvgIpc) is 2.84. The number of hydrogen-bond acceptors (Lipinski definition) is 4. The van der Waals surface area contributed by atoms with Crippen LogP contribution < -0.4 is 5.32 Å². The Hall–Kier alpha value is -2.47. The van der Waals surface area contributed by atoms with Gasteiger partial charge in [0.25, 0.3) is 0 Å². The molecule has 1 heterocycles. The first kappa shape index (κ1) is 17.4. The predicted molar refractivity (Wildman–Crippen MR) is 94.7 cm³/mol. The summed E-state index contributed by atoms with van der Waals surface area (Å²) in [5.41, 5.74) is 0.721. The quantitative estimate of drug-likeness (QED) is 0.902. The first-order valence-electron chi connectivity index (χ1n) is 8.17. The fraction of sp³-hybridized carbons (Fsp3) is 0.263. The van der Waals surface area contributed by atoms with Crippen molar-refractivity contribution < 1.29 is 18.0 Å². The first-order chi connectivity index (χ1) is 11.9. The summed E-state index contributed by atoms with van der Waals surface area (Å²) in [6, 6.07) is 6.21. The Morgan fingerprint density at radius 1 is 1.24 bits per heavy atom. The number of ketones is 1. The number of carbonyl (C=O) groups excluding carboxylic acids is 2. The Bertz CT molecular complexity index is 951. The second-order valence-corrected chi connectivity index (χ2v) is 8.04. The number of hydrogen-bond donors (Lipinski definition) is 1. The van der Waals surface area contributed by atoms with Crippen molar-refractivity contribution in [2.75, 3.05) is 0 Å². The number of allylic oxidation sites excluding steroid dienone is 4. The van der Waals surface area contributed by atoms with Crippen LogP contribution >= 0.6 is 0 Å². The zero-order valence-electron chi connectivity index (χ0n) is 14.1. The maximum absolute atomic E-state index is 12.9. The van der Waals surface area contributed by atoms with Gasteiger partial charge in [0.1, 0.15) is 0 Å². The Kier molecular flexibility index (Phi) is 4.47. The van der Waals surface area contributed by atoms with Crippen LogP contribution in [0.25, 0.3) is 0 Å². The summed E-state index contributed by atoms with van der Waals surface area (Å²) >= 11 is 0. The standard InChI is InChI=1S/C19H19NO4S/c1-3-12(2)20-19(22)13-8-10-15-17(11-9-13)25(23,24)16-7-5-4-6-14(16)18(15)21/h4-8,10-12H,3,9H2,1-2H3,(H,20,22). The van der Waals surface area contributed by atoms with Gasteiger partial charge in [0.2, 0.25) is 15.7 Å². The minimum atomic E-state index is -3.77. The van der Waals surface area contributed by atoms with Gasteiger partial charge in [0.15, 0.2) is 5.78 Å². The Balaban J connectivity index is 2.05. The summed E-state index contributed by atoms with van der Waals surface area (Å²) in [6.07, 6.45) is 5.40. The zero-order valence-corrected chi connectivity index (χ0v) is 14.9. The van der Waals surface area contributed by atoms with Crippen molar-refractivity contribution in [1.82, 2.24) is 5.32 Å². The van der Waals surface area contributed by atoms with E-state index in [1.165, 1.54) is 30.4 Å². The van der Waals surface area contributed by atoms with E-state index >= 15 is 0 Å². The molecule has 1 amide bonds. The normalized spacial score (nSPS) is 19.4. The predicted octanol–water partition coefficient (Wildman–Crippen LogP) is 2.71. The molecule has 1 aromatic carbocycles. The highest BCUT2D eigenvalue weighted by molar-refractivity contribution is 7.95. The molecule has 2 aliphatic rings. The monoisotopic (exact) mass is 357 g/mol. The lowest BCUT2D eigenvalue weighted by Gasteiger charge is -2.20. The molecule has 0 bridgehead atoms. The van der Waals surface area contributed by atoms with Crippen molar-refractivity contribution in [1.29, 1.82) is 0 Å². The molecule has 1 aromatic rings. The zero-order chi connectivity index (χ0) is 18.2. The third kappa shape index (κ3) is 2.98. The van der Waals surface area contributed by atoms with Crippen molar-refractivity contribution in [2.45, 2.75) is 37.6 Å². The second kappa shape index (κ2) is 6.44. The third-order valence-electron chi connectivity index (χ3n) is 4.46. The van der Waals surface area contributed by atoms with Gasteiger partial charge in [0, 0.05) is 22.8 Å². The largest absolute Gasteiger partial charge is 0.350 e. The molecule has 0 radical (unpaired) electrons. The van der Waals surface area contributed by atoms with Gasteiger partial charge < -0.3 is 5.32 Å². The molecule has 1 aliphatic carbocycles. The molecule has 6 heteroatoms. The van der Waals surface area contributed by atoms with Crippen molar-refractivity contribution in [3.8, 4) is 0 Å². The van der Waals surface area contributed by atoms with E-state index in [1.54, 1.807) is 12.1 Å². The van der Waals surface area contributed by atoms with Crippen LogP contribution in [0.1, 0.15) is 37.0 Å². The Labute approximate surface area is 147 Å². The van der Waals surface area contributed by atoms with Crippen LogP contribution in [0.15, 0.2) is 63.4 Å². The van der Waals surface area contributed by atoms with Gasteiger partial charge in [-0.25, -0.2) is 8.42 Å². The lowest BCUT2D eigenvalue weighted by molar-refractivity contribution is -0.118. The molecule has 0 spiro atoms. The fourth-order valence-electron chi connectivity index (χ4n) is 2.83. The fourth-order valence-corrected chi connectivity index (χ4v) is 4.53. The van der Waals surface area contributed by atoms with Crippen LogP contribution in [-0.4, -0.2) is 26.2 Å². The third-order valence-corrected chi connectivity index (χ3v) is 6.36. The van der Waals surface area contributed by atoms with Crippen molar-refractivity contribution in [3.63, 3.8) is 0 Å². The first-order valence-corrected chi connectivity index (χ1v) is 9.65. The highest BCUT2D eigenvalue weighted by Gasteiger charge is 2.37. The lowest BCUT2D eigenvalue weighted by atomic mass is 10.0. The molecule has 3 rings (SSSR count). The van der Waals surface area contributed by atoms with Crippen LogP contribution in [0.2, 0.25) is 0 Å². The molecule has 1 atom stereocenters. The molecule has 5 nitrogen and oxygen atoms in total. The van der Waals surface area contributed by atoms with E-state index in [0.717, 1.165) is 6.42 Å². The summed E-state index contributed by atoms with van der Waals surface area (Å²) in [5, 5.41) is 2.86. The number of fused-ring (bicyclic) bond motifs is 2. The number of rotatable bonds is 3. The van der Waals surface area contributed by atoms with E-state index in [9.17, 15) is 18.0 Å². The highest BCUT2D eigenvalue weighted by atomic mass is 32.2. The maximum Gasteiger partial charge on any atom is 0.247 e. The smallest absolute Gasteiger partial charge is 0.247 e. The van der Waals surface area contributed by atoms with E-state index in [4.69, 9.17) is 0 Å². The second-order valence-electron chi connectivity index (χ2n) is 6.16. The van der Waals surface area contributed by atoms with Crippen LogP contribution in [0, 0.1) is 0 Å². The van der Waals surface area contributed by atoms with Crippen LogP contribution in [0.5, 0.6) is 0 Å². The lowest BCUT2D eigenvalue weighted by Crippen LogP contribution is -2.32. The minimum absolute atomic E-state index is 0.0150. The maximum atomic E-state index is 12.9. The van der Waals surface area contributed by atoms with Gasteiger partial charge in [-0.2, -0.15) is 0 Å². The number of Topliss-reactive ketones (excluding diaryl/α,β-unsaturated/α-hetero) is 1. The van der Waals surface area contributed by atoms with Crippen molar-refractivity contribution in [2.24, 2.45) is 0 Å². The van der Waals surface area contributed by atoms with Crippen LogP contribution in [0.3, 0.4) is 0 Å². The summed E-state index contributed by atoms with van der Waals surface area (Å²) in [6.45, 7) is 3.86. The molecule has 0 fully saturated rings. The Morgan fingerprint density at radius 2 is 1.96 bits per heavy atom. The number of carbonyl (C=O) groups is 2. The molecule has 1 aliphatic heterocycles. The topological polar surface area (TPSA) is 80.3 Å². The number of amides is 1. The van der Waals surface area contributed by atoms with E-state index in [1.807, 2.05) is 13.8 Å². The van der Waals surface area contributed by atoms with Crippen molar-refractivity contribution in [3.05, 3.63) is 64.1 Å². The van der Waals surface area contributed by atoms with Gasteiger partial charge in [0.05, 0.1) is 9.80 Å². The average molecular weight is 357 g/mol. The van der Waals surface area contributed by atoms with Gasteiger partial charge in [-0.1, -0.05) is 31.2 Å². The molecule has 25 heavy (non-hydrogen) atoms. The molecule has 130 valence electrons. The van der Waals surface area contributed by atoms with Gasteiger partial charge in [-0.3, -0.25) is 9.59 Å². The number of benzene rings is 1. The Morgan fingerprint density at radius 3 is 2.68 bits per heavy atom. The van der Waals surface area contributed by atoms with Crippen LogP contribution in [0.4, 0.5) is 0 Å². The van der Waals surface area contributed by atoms with Crippen LogP contribution in [-0.2, 0) is 14.6 Å². The number of nitrogens with one attached hydrogen (secondary N) is 1. The summed E-state index contributed by atoms with van der Waals surface area (Å²) in [4.78, 5) is 25.0. The summed E-state index contributed by atoms with van der Waals surface area (Å²) < 4.78 is 25.7. The molecule has 1 N–H and O–H groups in total. The van der Waals surface area contributed by atoms with Gasteiger partial charge >= 0.3 is 0 Å².